The van der Waals surface area contributed by atoms with Crippen LogP contribution < -0.4 is 10.5 Å². The predicted molar refractivity (Wildman–Crippen MR) is 103 cm³/mol. The molecular weight excluding hydrogens is 348 g/mol. The number of hydrogen-bond donors (Lipinski definition) is 1. The van der Waals surface area contributed by atoms with E-state index in [0.717, 1.165) is 34.2 Å². The van der Waals surface area contributed by atoms with Gasteiger partial charge in [-0.15, -0.1) is 0 Å². The molecule has 1 amide bonds. The number of carbonyl (C=O) groups excluding carboxylic acids is 1. The number of carbonyl (C=O) groups is 1. The molecule has 5 heteroatoms. The van der Waals surface area contributed by atoms with Gasteiger partial charge >= 0.3 is 0 Å². The highest BCUT2D eigenvalue weighted by molar-refractivity contribution is 6.30. The Morgan fingerprint density at radius 2 is 1.81 bits per heavy atom. The van der Waals surface area contributed by atoms with Gasteiger partial charge in [0.1, 0.15) is 0 Å². The van der Waals surface area contributed by atoms with Crippen molar-refractivity contribution in [1.29, 1.82) is 0 Å². The summed E-state index contributed by atoms with van der Waals surface area (Å²) in [7, 11) is 1.60. The van der Waals surface area contributed by atoms with E-state index in [-0.39, 0.29) is 12.3 Å². The number of amides is 1. The van der Waals surface area contributed by atoms with E-state index in [1.54, 1.807) is 7.11 Å². The van der Waals surface area contributed by atoms with E-state index in [1.165, 1.54) is 0 Å². The van der Waals surface area contributed by atoms with Crippen molar-refractivity contribution in [2.75, 3.05) is 7.11 Å². The van der Waals surface area contributed by atoms with Crippen molar-refractivity contribution in [2.45, 2.75) is 12.8 Å². The summed E-state index contributed by atoms with van der Waals surface area (Å²) in [5, 5.41) is 0.667. The number of pyridine rings is 1. The van der Waals surface area contributed by atoms with Gasteiger partial charge in [-0.25, -0.2) is 4.98 Å². The Hall–Kier alpha value is -2.85. The maximum Gasteiger partial charge on any atom is 0.221 e. The van der Waals surface area contributed by atoms with Gasteiger partial charge in [-0.2, -0.15) is 0 Å². The molecular formula is C21H19ClN2O2. The van der Waals surface area contributed by atoms with Crippen molar-refractivity contribution >= 4 is 17.5 Å². The topological polar surface area (TPSA) is 65.2 Å². The molecule has 0 bridgehead atoms. The zero-order valence-electron chi connectivity index (χ0n) is 14.4. The number of hydrogen-bond acceptors (Lipinski definition) is 3. The van der Waals surface area contributed by atoms with Gasteiger partial charge < -0.3 is 10.5 Å². The van der Waals surface area contributed by atoms with Crippen LogP contribution in [0.1, 0.15) is 16.7 Å². The second-order valence-corrected chi connectivity index (χ2v) is 6.48. The van der Waals surface area contributed by atoms with Gasteiger partial charge in [-0.05, 0) is 46.9 Å². The van der Waals surface area contributed by atoms with Crippen molar-refractivity contribution in [3.05, 3.63) is 82.5 Å². The highest BCUT2D eigenvalue weighted by Gasteiger charge is 2.10. The summed E-state index contributed by atoms with van der Waals surface area (Å²) < 4.78 is 5.40. The van der Waals surface area contributed by atoms with Crippen LogP contribution in [-0.4, -0.2) is 18.0 Å². The Labute approximate surface area is 157 Å². The molecule has 0 saturated carbocycles. The molecule has 132 valence electrons. The summed E-state index contributed by atoms with van der Waals surface area (Å²) in [6.45, 7) is 0. The Balaban J connectivity index is 1.87. The molecule has 26 heavy (non-hydrogen) atoms. The van der Waals surface area contributed by atoms with Crippen molar-refractivity contribution in [2.24, 2.45) is 5.73 Å². The number of primary amides is 1. The van der Waals surface area contributed by atoms with Crippen LogP contribution in [0, 0.1) is 0 Å². The molecule has 0 saturated heterocycles. The summed E-state index contributed by atoms with van der Waals surface area (Å²) in [4.78, 5) is 15.4. The molecule has 0 aliphatic heterocycles. The Bertz CT molecular complexity index is 924. The summed E-state index contributed by atoms with van der Waals surface area (Å²) in [6.07, 6.45) is 2.79. The van der Waals surface area contributed by atoms with Crippen LogP contribution in [0.2, 0.25) is 5.02 Å². The fraction of sp³-hybridized carbons (Fsp3) is 0.143. The van der Waals surface area contributed by atoms with Crippen LogP contribution in [0.4, 0.5) is 0 Å². The first-order valence-corrected chi connectivity index (χ1v) is 8.58. The molecule has 2 N–H and O–H groups in total. The van der Waals surface area contributed by atoms with Crippen LogP contribution in [0.25, 0.3) is 11.1 Å². The van der Waals surface area contributed by atoms with Gasteiger partial charge in [0.15, 0.2) is 0 Å². The molecule has 0 aliphatic rings. The Morgan fingerprint density at radius 3 is 2.46 bits per heavy atom. The monoisotopic (exact) mass is 366 g/mol. The molecule has 0 fully saturated rings. The Morgan fingerprint density at radius 1 is 1.08 bits per heavy atom. The van der Waals surface area contributed by atoms with Gasteiger partial charge in [-0.3, -0.25) is 4.79 Å². The van der Waals surface area contributed by atoms with Crippen molar-refractivity contribution in [1.82, 2.24) is 4.98 Å². The van der Waals surface area contributed by atoms with Crippen molar-refractivity contribution in [3.63, 3.8) is 0 Å². The zero-order chi connectivity index (χ0) is 18.5. The number of aromatic nitrogens is 1. The lowest BCUT2D eigenvalue weighted by molar-refractivity contribution is -0.117. The molecule has 2 aromatic carbocycles. The van der Waals surface area contributed by atoms with E-state index in [9.17, 15) is 4.79 Å². The van der Waals surface area contributed by atoms with Crippen LogP contribution in [-0.2, 0) is 17.6 Å². The molecule has 0 spiro atoms. The molecule has 4 nitrogen and oxygen atoms in total. The van der Waals surface area contributed by atoms with Crippen LogP contribution in [0.15, 0.2) is 60.8 Å². The molecule has 3 aromatic rings. The number of halogens is 1. The van der Waals surface area contributed by atoms with E-state index in [0.29, 0.717) is 10.9 Å². The number of rotatable bonds is 6. The third-order valence-electron chi connectivity index (χ3n) is 4.05. The maximum atomic E-state index is 11.0. The van der Waals surface area contributed by atoms with Gasteiger partial charge in [0.05, 0.1) is 13.5 Å². The summed E-state index contributed by atoms with van der Waals surface area (Å²) in [5.41, 5.74) is 10.2. The molecule has 0 unspecified atom stereocenters. The summed E-state index contributed by atoms with van der Waals surface area (Å²) in [5.74, 6) is 0.232. The molecule has 0 atom stereocenters. The first kappa shape index (κ1) is 18.0. The highest BCUT2D eigenvalue weighted by Crippen LogP contribution is 2.31. The second kappa shape index (κ2) is 8.02. The van der Waals surface area contributed by atoms with E-state index in [4.69, 9.17) is 22.1 Å². The average molecular weight is 367 g/mol. The first-order chi connectivity index (χ1) is 12.5. The third-order valence-corrected chi connectivity index (χ3v) is 4.28. The zero-order valence-corrected chi connectivity index (χ0v) is 15.2. The minimum atomic E-state index is -0.330. The van der Waals surface area contributed by atoms with E-state index in [2.05, 4.69) is 11.1 Å². The fourth-order valence-electron chi connectivity index (χ4n) is 2.83. The number of nitrogens with two attached hydrogens (primary N) is 1. The standard InChI is InChI=1S/C21H19ClN2O2/c1-26-21-19(17-3-2-4-18(22)12-17)10-16(13-24-21)9-14-5-7-15(8-6-14)11-20(23)25/h2-8,10,12-13H,9,11H2,1H3,(H2,23,25). The number of ether oxygens (including phenoxy) is 1. The van der Waals surface area contributed by atoms with E-state index in [1.807, 2.05) is 54.7 Å². The lowest BCUT2D eigenvalue weighted by Crippen LogP contribution is -2.13. The number of benzene rings is 2. The fourth-order valence-corrected chi connectivity index (χ4v) is 3.02. The SMILES string of the molecule is COc1ncc(Cc2ccc(CC(N)=O)cc2)cc1-c1cccc(Cl)c1. The molecule has 3 rings (SSSR count). The van der Waals surface area contributed by atoms with E-state index < -0.39 is 0 Å². The van der Waals surface area contributed by atoms with Crippen LogP contribution in [0.3, 0.4) is 0 Å². The Kier molecular flexibility index (Phi) is 5.54. The maximum absolute atomic E-state index is 11.0. The van der Waals surface area contributed by atoms with Crippen molar-refractivity contribution < 1.29 is 9.53 Å². The lowest BCUT2D eigenvalue weighted by Gasteiger charge is -2.11. The minimum Gasteiger partial charge on any atom is -0.481 e. The van der Waals surface area contributed by atoms with Crippen LogP contribution in [0.5, 0.6) is 5.88 Å². The van der Waals surface area contributed by atoms with Gasteiger partial charge in [0.25, 0.3) is 0 Å². The molecule has 0 radical (unpaired) electrons. The van der Waals surface area contributed by atoms with Gasteiger partial charge in [0, 0.05) is 16.8 Å². The quantitative estimate of drug-likeness (QED) is 0.716. The first-order valence-electron chi connectivity index (χ1n) is 8.20. The average Bonchev–Trinajstić information content (AvgIpc) is 2.63. The largest absolute Gasteiger partial charge is 0.481 e. The lowest BCUT2D eigenvalue weighted by atomic mass is 10.0. The van der Waals surface area contributed by atoms with Gasteiger partial charge in [0.2, 0.25) is 11.8 Å². The smallest absolute Gasteiger partial charge is 0.221 e. The van der Waals surface area contributed by atoms with Crippen LogP contribution >= 0.6 is 11.6 Å². The van der Waals surface area contributed by atoms with Crippen molar-refractivity contribution in [3.8, 4) is 17.0 Å². The predicted octanol–water partition coefficient (Wildman–Crippen LogP) is 4.03. The molecule has 1 aromatic heterocycles. The second-order valence-electron chi connectivity index (χ2n) is 6.05. The van der Waals surface area contributed by atoms with Gasteiger partial charge in [-0.1, -0.05) is 48.0 Å². The number of methoxy groups -OCH3 is 1. The highest BCUT2D eigenvalue weighted by atomic mass is 35.5. The summed E-state index contributed by atoms with van der Waals surface area (Å²) in [6, 6.07) is 17.5. The summed E-state index contributed by atoms with van der Waals surface area (Å²) >= 11 is 6.12. The number of nitrogens with zero attached hydrogens (tertiary/aromatic N) is 1. The third kappa shape index (κ3) is 4.41. The molecule has 1 heterocycles. The minimum absolute atomic E-state index is 0.253. The normalized spacial score (nSPS) is 10.5. The van der Waals surface area contributed by atoms with E-state index >= 15 is 0 Å². The molecule has 0 aliphatic carbocycles.